The molecule has 3 heteroatoms. The summed E-state index contributed by atoms with van der Waals surface area (Å²) in [6.07, 6.45) is 6.83. The zero-order valence-corrected chi connectivity index (χ0v) is 14.2. The van der Waals surface area contributed by atoms with E-state index in [4.69, 9.17) is 5.73 Å². The van der Waals surface area contributed by atoms with Crippen LogP contribution >= 0.6 is 0 Å². The van der Waals surface area contributed by atoms with Crippen molar-refractivity contribution >= 4 is 11.3 Å². The van der Waals surface area contributed by atoms with Crippen LogP contribution in [0.4, 0.5) is 5.69 Å². The molecule has 3 N–H and O–H groups in total. The third kappa shape index (κ3) is 4.78. The summed E-state index contributed by atoms with van der Waals surface area (Å²) in [4.78, 5) is 4.25. The van der Waals surface area contributed by atoms with E-state index in [1.54, 1.807) is 6.20 Å². The summed E-state index contributed by atoms with van der Waals surface area (Å²) in [5.74, 6) is 0. The van der Waals surface area contributed by atoms with Gasteiger partial charge < -0.3 is 11.1 Å². The van der Waals surface area contributed by atoms with E-state index in [1.807, 2.05) is 18.3 Å². The molecular formula is C22H23N3. The molecule has 0 atom stereocenters. The van der Waals surface area contributed by atoms with E-state index >= 15 is 0 Å². The van der Waals surface area contributed by atoms with Crippen LogP contribution in [0.5, 0.6) is 0 Å². The fourth-order valence-electron chi connectivity index (χ4n) is 2.77. The topological polar surface area (TPSA) is 50.9 Å². The average molecular weight is 329 g/mol. The summed E-state index contributed by atoms with van der Waals surface area (Å²) in [5.41, 5.74) is 11.5. The van der Waals surface area contributed by atoms with Gasteiger partial charge in [-0.2, -0.15) is 0 Å². The van der Waals surface area contributed by atoms with Crippen LogP contribution in [0.15, 0.2) is 85.2 Å². The number of nitrogens with two attached hydrogens (primary N) is 1. The summed E-state index contributed by atoms with van der Waals surface area (Å²) in [6, 6.07) is 22.9. The SMILES string of the molecule is NCCc1ccc(NC/C=C(\c2ccccc2)c2cccnc2)cc1. The molecule has 0 aliphatic carbocycles. The van der Waals surface area contributed by atoms with Crippen molar-refractivity contribution in [1.82, 2.24) is 4.98 Å². The molecule has 3 nitrogen and oxygen atoms in total. The predicted octanol–water partition coefficient (Wildman–Crippen LogP) is 4.13. The molecule has 3 rings (SSSR count). The van der Waals surface area contributed by atoms with E-state index in [9.17, 15) is 0 Å². The molecule has 126 valence electrons. The van der Waals surface area contributed by atoms with E-state index < -0.39 is 0 Å². The molecule has 0 unspecified atom stereocenters. The van der Waals surface area contributed by atoms with Crippen LogP contribution in [0, 0.1) is 0 Å². The first-order chi connectivity index (χ1) is 12.4. The Balaban J connectivity index is 1.75. The number of anilines is 1. The van der Waals surface area contributed by atoms with Crippen LogP contribution in [0.25, 0.3) is 5.57 Å². The zero-order chi connectivity index (χ0) is 17.3. The molecule has 0 saturated carbocycles. The van der Waals surface area contributed by atoms with Crippen molar-refractivity contribution in [3.8, 4) is 0 Å². The Hall–Kier alpha value is -2.91. The third-order valence-corrected chi connectivity index (χ3v) is 4.06. The van der Waals surface area contributed by atoms with E-state index in [0.717, 1.165) is 24.2 Å². The van der Waals surface area contributed by atoms with Gasteiger partial charge in [-0.25, -0.2) is 0 Å². The molecule has 0 amide bonds. The third-order valence-electron chi connectivity index (χ3n) is 4.06. The fourth-order valence-corrected chi connectivity index (χ4v) is 2.77. The van der Waals surface area contributed by atoms with Crippen LogP contribution in [0.3, 0.4) is 0 Å². The minimum Gasteiger partial charge on any atom is -0.382 e. The van der Waals surface area contributed by atoms with Crippen molar-refractivity contribution in [2.75, 3.05) is 18.4 Å². The van der Waals surface area contributed by atoms with E-state index in [0.29, 0.717) is 6.54 Å². The molecular weight excluding hydrogens is 306 g/mol. The zero-order valence-electron chi connectivity index (χ0n) is 14.2. The van der Waals surface area contributed by atoms with Crippen molar-refractivity contribution in [1.29, 1.82) is 0 Å². The maximum atomic E-state index is 5.59. The molecule has 0 aliphatic heterocycles. The second-order valence-electron chi connectivity index (χ2n) is 5.84. The Morgan fingerprint density at radius 1 is 0.920 bits per heavy atom. The lowest BCUT2D eigenvalue weighted by atomic mass is 9.99. The lowest BCUT2D eigenvalue weighted by Gasteiger charge is -2.10. The minimum atomic E-state index is 0.682. The number of nitrogens with zero attached hydrogens (tertiary/aromatic N) is 1. The molecule has 1 aromatic heterocycles. The van der Waals surface area contributed by atoms with Gasteiger partial charge in [0, 0.05) is 30.2 Å². The van der Waals surface area contributed by atoms with Gasteiger partial charge in [0.2, 0.25) is 0 Å². The Morgan fingerprint density at radius 2 is 1.68 bits per heavy atom. The smallest absolute Gasteiger partial charge is 0.0346 e. The summed E-state index contributed by atoms with van der Waals surface area (Å²) < 4.78 is 0. The molecule has 0 fully saturated rings. The van der Waals surface area contributed by atoms with Gasteiger partial charge in [-0.1, -0.05) is 54.6 Å². The predicted molar refractivity (Wildman–Crippen MR) is 105 cm³/mol. The van der Waals surface area contributed by atoms with Crippen molar-refractivity contribution in [3.05, 3.63) is 102 Å². The van der Waals surface area contributed by atoms with E-state index in [2.05, 4.69) is 71.0 Å². The number of benzene rings is 2. The molecule has 1 heterocycles. The summed E-state index contributed by atoms with van der Waals surface area (Å²) in [7, 11) is 0. The summed E-state index contributed by atoms with van der Waals surface area (Å²) >= 11 is 0. The number of rotatable bonds is 7. The molecule has 0 saturated heterocycles. The fraction of sp³-hybridized carbons (Fsp3) is 0.136. The first-order valence-corrected chi connectivity index (χ1v) is 8.55. The van der Waals surface area contributed by atoms with Crippen molar-refractivity contribution in [2.24, 2.45) is 5.73 Å². The Bertz CT molecular complexity index is 752. The monoisotopic (exact) mass is 329 g/mol. The van der Waals surface area contributed by atoms with Gasteiger partial charge in [0.25, 0.3) is 0 Å². The molecule has 2 aromatic carbocycles. The van der Waals surface area contributed by atoms with Gasteiger partial charge >= 0.3 is 0 Å². The Kier molecular flexibility index (Phi) is 5.96. The number of pyridine rings is 1. The van der Waals surface area contributed by atoms with Gasteiger partial charge in [-0.3, -0.25) is 4.98 Å². The van der Waals surface area contributed by atoms with Gasteiger partial charge in [0.15, 0.2) is 0 Å². The standard InChI is InChI=1S/C22H23N3/c23-14-12-18-8-10-21(11-9-18)25-16-13-22(19-5-2-1-3-6-19)20-7-4-15-24-17-20/h1-11,13,15,17,25H,12,14,16,23H2/b22-13+. The lowest BCUT2D eigenvalue weighted by Crippen LogP contribution is -2.03. The largest absolute Gasteiger partial charge is 0.382 e. The van der Waals surface area contributed by atoms with Gasteiger partial charge in [0.05, 0.1) is 0 Å². The second kappa shape index (κ2) is 8.81. The first-order valence-electron chi connectivity index (χ1n) is 8.55. The molecule has 3 aromatic rings. The molecule has 25 heavy (non-hydrogen) atoms. The van der Waals surface area contributed by atoms with E-state index in [-0.39, 0.29) is 0 Å². The quantitative estimate of drug-likeness (QED) is 0.685. The highest BCUT2D eigenvalue weighted by Crippen LogP contribution is 2.22. The van der Waals surface area contributed by atoms with Crippen molar-refractivity contribution in [2.45, 2.75) is 6.42 Å². The number of aromatic nitrogens is 1. The molecule has 0 radical (unpaired) electrons. The number of hydrogen-bond acceptors (Lipinski definition) is 3. The minimum absolute atomic E-state index is 0.682. The summed E-state index contributed by atoms with van der Waals surface area (Å²) in [6.45, 7) is 1.43. The van der Waals surface area contributed by atoms with Crippen LogP contribution in [-0.2, 0) is 6.42 Å². The average Bonchev–Trinajstić information content (AvgIpc) is 2.68. The normalized spacial score (nSPS) is 11.3. The van der Waals surface area contributed by atoms with Crippen LogP contribution < -0.4 is 11.1 Å². The van der Waals surface area contributed by atoms with Crippen molar-refractivity contribution in [3.63, 3.8) is 0 Å². The lowest BCUT2D eigenvalue weighted by molar-refractivity contribution is 0.969. The van der Waals surface area contributed by atoms with Gasteiger partial charge in [-0.15, -0.1) is 0 Å². The highest BCUT2D eigenvalue weighted by atomic mass is 14.9. The Labute approximate surface area is 149 Å². The highest BCUT2D eigenvalue weighted by Gasteiger charge is 2.04. The number of hydrogen-bond donors (Lipinski definition) is 2. The molecule has 0 spiro atoms. The highest BCUT2D eigenvalue weighted by molar-refractivity contribution is 5.79. The van der Waals surface area contributed by atoms with Crippen LogP contribution in [0.1, 0.15) is 16.7 Å². The number of nitrogens with one attached hydrogen (secondary N) is 1. The van der Waals surface area contributed by atoms with Gasteiger partial charge in [-0.05, 0) is 47.9 Å². The maximum absolute atomic E-state index is 5.59. The Morgan fingerprint density at radius 3 is 2.36 bits per heavy atom. The van der Waals surface area contributed by atoms with Crippen LogP contribution in [-0.4, -0.2) is 18.1 Å². The molecule has 0 bridgehead atoms. The van der Waals surface area contributed by atoms with E-state index in [1.165, 1.54) is 16.7 Å². The molecule has 0 aliphatic rings. The second-order valence-corrected chi connectivity index (χ2v) is 5.84. The first kappa shape index (κ1) is 16.9. The summed E-state index contributed by atoms with van der Waals surface area (Å²) in [5, 5.41) is 3.46. The maximum Gasteiger partial charge on any atom is 0.0346 e. The van der Waals surface area contributed by atoms with Gasteiger partial charge in [0.1, 0.15) is 0 Å². The van der Waals surface area contributed by atoms with Crippen molar-refractivity contribution < 1.29 is 0 Å². The van der Waals surface area contributed by atoms with Crippen LogP contribution in [0.2, 0.25) is 0 Å².